The molecule has 3 nitrogen and oxygen atoms in total. The van der Waals surface area contributed by atoms with Crippen molar-refractivity contribution in [1.29, 1.82) is 0 Å². The highest BCUT2D eigenvalue weighted by Crippen LogP contribution is 2.21. The van der Waals surface area contributed by atoms with Gasteiger partial charge in [-0.25, -0.2) is 4.98 Å². The Morgan fingerprint density at radius 2 is 2.06 bits per heavy atom. The van der Waals surface area contributed by atoms with Crippen molar-refractivity contribution < 1.29 is 0 Å². The van der Waals surface area contributed by atoms with Crippen molar-refractivity contribution >= 4 is 17.0 Å². The van der Waals surface area contributed by atoms with E-state index >= 15 is 0 Å². The Kier molecular flexibility index (Phi) is 2.08. The van der Waals surface area contributed by atoms with E-state index in [-0.39, 0.29) is 5.56 Å². The fraction of sp³-hybridized carbons (Fsp3) is 0. The molecule has 0 aliphatic rings. The van der Waals surface area contributed by atoms with Gasteiger partial charge in [0.25, 0.3) is 5.56 Å². The average Bonchev–Trinajstić information content (AvgIpc) is 2.83. The van der Waals surface area contributed by atoms with Crippen molar-refractivity contribution in [2.75, 3.05) is 0 Å². The van der Waals surface area contributed by atoms with Gasteiger partial charge in [0.1, 0.15) is 5.65 Å². The molecule has 4 heteroatoms. The van der Waals surface area contributed by atoms with Gasteiger partial charge in [-0.3, -0.25) is 9.20 Å². The van der Waals surface area contributed by atoms with E-state index < -0.39 is 0 Å². The maximum atomic E-state index is 11.6. The number of aromatic nitrogens is 2. The van der Waals surface area contributed by atoms with E-state index in [2.05, 4.69) is 10.4 Å². The number of thiophene rings is 1. The second-order valence-corrected chi connectivity index (χ2v) is 4.22. The lowest BCUT2D eigenvalue weighted by atomic mass is 10.1. The number of nitrogens with zero attached hydrogens (tertiary/aromatic N) is 2. The predicted octanol–water partition coefficient (Wildman–Crippen LogP) is 2.42. The summed E-state index contributed by atoms with van der Waals surface area (Å²) in [6, 6.07) is 7.33. The van der Waals surface area contributed by atoms with Crippen molar-refractivity contribution in [2.45, 2.75) is 0 Å². The number of hydrogen-bond donors (Lipinski definition) is 0. The van der Waals surface area contributed by atoms with Gasteiger partial charge in [-0.05, 0) is 40.1 Å². The molecule has 0 N–H and O–H groups in total. The van der Waals surface area contributed by atoms with E-state index in [0.717, 1.165) is 11.1 Å². The van der Waals surface area contributed by atoms with E-state index in [1.807, 2.05) is 29.8 Å². The zero-order valence-corrected chi connectivity index (χ0v) is 9.15. The van der Waals surface area contributed by atoms with E-state index in [1.54, 1.807) is 15.7 Å². The first-order chi connectivity index (χ1) is 7.84. The Bertz CT molecular complexity index is 686. The zero-order valence-electron chi connectivity index (χ0n) is 8.33. The third-order valence-electron chi connectivity index (χ3n) is 2.44. The minimum absolute atomic E-state index is 0.0536. The van der Waals surface area contributed by atoms with Gasteiger partial charge < -0.3 is 0 Å². The normalized spacial score (nSPS) is 10.8. The summed E-state index contributed by atoms with van der Waals surface area (Å²) in [5, 5.41) is 4.08. The second-order valence-electron chi connectivity index (χ2n) is 3.44. The third kappa shape index (κ3) is 1.44. The van der Waals surface area contributed by atoms with Crippen LogP contribution in [0.1, 0.15) is 0 Å². The van der Waals surface area contributed by atoms with Crippen molar-refractivity contribution in [2.24, 2.45) is 0 Å². The summed E-state index contributed by atoms with van der Waals surface area (Å²) in [7, 11) is 0. The molecule has 3 aromatic heterocycles. The molecule has 0 unspecified atom stereocenters. The fourth-order valence-corrected chi connectivity index (χ4v) is 2.30. The van der Waals surface area contributed by atoms with Crippen LogP contribution in [-0.2, 0) is 0 Å². The molecule has 0 aliphatic heterocycles. The van der Waals surface area contributed by atoms with Crippen LogP contribution in [0.2, 0.25) is 0 Å². The summed E-state index contributed by atoms with van der Waals surface area (Å²) in [5.74, 6) is 0. The van der Waals surface area contributed by atoms with Crippen LogP contribution >= 0.6 is 11.3 Å². The molecule has 0 atom stereocenters. The summed E-state index contributed by atoms with van der Waals surface area (Å²) in [6.45, 7) is 0. The second kappa shape index (κ2) is 3.57. The van der Waals surface area contributed by atoms with E-state index in [4.69, 9.17) is 0 Å². The molecular weight excluding hydrogens is 220 g/mol. The molecule has 3 rings (SSSR count). The first kappa shape index (κ1) is 9.30. The minimum atomic E-state index is -0.0536. The standard InChI is InChI=1S/C12H8N2OS/c15-12-3-5-13-11-2-1-9(7-14(11)12)10-4-6-16-8-10/h1-8H. The Labute approximate surface area is 95.6 Å². The van der Waals surface area contributed by atoms with Gasteiger partial charge in [0.15, 0.2) is 0 Å². The molecule has 0 bridgehead atoms. The highest BCUT2D eigenvalue weighted by atomic mass is 32.1. The lowest BCUT2D eigenvalue weighted by Crippen LogP contribution is -2.12. The largest absolute Gasteiger partial charge is 0.269 e. The van der Waals surface area contributed by atoms with Gasteiger partial charge in [-0.2, -0.15) is 11.3 Å². The van der Waals surface area contributed by atoms with Crippen LogP contribution in [0.25, 0.3) is 16.8 Å². The fourth-order valence-electron chi connectivity index (χ4n) is 1.63. The summed E-state index contributed by atoms with van der Waals surface area (Å²) in [4.78, 5) is 15.8. The van der Waals surface area contributed by atoms with Gasteiger partial charge in [0, 0.05) is 18.5 Å². The van der Waals surface area contributed by atoms with Crippen molar-refractivity contribution in [3.05, 3.63) is 57.8 Å². The third-order valence-corrected chi connectivity index (χ3v) is 3.13. The molecule has 16 heavy (non-hydrogen) atoms. The first-order valence-corrected chi connectivity index (χ1v) is 5.79. The highest BCUT2D eigenvalue weighted by molar-refractivity contribution is 7.08. The van der Waals surface area contributed by atoms with Gasteiger partial charge in [0.05, 0.1) is 0 Å². The summed E-state index contributed by atoms with van der Waals surface area (Å²) >= 11 is 1.64. The van der Waals surface area contributed by atoms with E-state index in [9.17, 15) is 4.79 Å². The van der Waals surface area contributed by atoms with Crippen LogP contribution in [0.15, 0.2) is 52.2 Å². The zero-order chi connectivity index (χ0) is 11.0. The number of hydrogen-bond acceptors (Lipinski definition) is 3. The van der Waals surface area contributed by atoms with Crippen LogP contribution in [0.4, 0.5) is 0 Å². The smallest absolute Gasteiger partial charge is 0.257 e. The summed E-state index contributed by atoms with van der Waals surface area (Å²) in [6.07, 6.45) is 3.36. The highest BCUT2D eigenvalue weighted by Gasteiger charge is 2.01. The average molecular weight is 228 g/mol. The quantitative estimate of drug-likeness (QED) is 0.641. The first-order valence-electron chi connectivity index (χ1n) is 4.84. The molecule has 0 radical (unpaired) electrons. The number of rotatable bonds is 1. The molecule has 0 spiro atoms. The van der Waals surface area contributed by atoms with Gasteiger partial charge in [-0.15, -0.1) is 0 Å². The molecule has 0 amide bonds. The maximum Gasteiger partial charge on any atom is 0.257 e. The van der Waals surface area contributed by atoms with Crippen LogP contribution in [0.3, 0.4) is 0 Å². The number of pyridine rings is 1. The topological polar surface area (TPSA) is 34.4 Å². The Morgan fingerprint density at radius 1 is 1.12 bits per heavy atom. The molecule has 0 aromatic carbocycles. The molecule has 0 saturated carbocycles. The lowest BCUT2D eigenvalue weighted by Gasteiger charge is -2.02. The molecule has 0 aliphatic carbocycles. The number of fused-ring (bicyclic) bond motifs is 1. The van der Waals surface area contributed by atoms with Crippen LogP contribution < -0.4 is 5.56 Å². The summed E-state index contributed by atoms with van der Waals surface area (Å²) < 4.78 is 1.56. The van der Waals surface area contributed by atoms with Gasteiger partial charge in [0.2, 0.25) is 0 Å². The molecule has 0 fully saturated rings. The van der Waals surface area contributed by atoms with Crippen LogP contribution in [0, 0.1) is 0 Å². The monoisotopic (exact) mass is 228 g/mol. The molecule has 0 saturated heterocycles. The van der Waals surface area contributed by atoms with Crippen molar-refractivity contribution in [3.63, 3.8) is 0 Å². The lowest BCUT2D eigenvalue weighted by molar-refractivity contribution is 1.05. The van der Waals surface area contributed by atoms with E-state index in [1.165, 1.54) is 12.3 Å². The van der Waals surface area contributed by atoms with Crippen molar-refractivity contribution in [1.82, 2.24) is 9.38 Å². The van der Waals surface area contributed by atoms with Gasteiger partial charge >= 0.3 is 0 Å². The molecule has 3 aromatic rings. The minimum Gasteiger partial charge on any atom is -0.269 e. The molecule has 78 valence electrons. The van der Waals surface area contributed by atoms with E-state index in [0.29, 0.717) is 5.65 Å². The van der Waals surface area contributed by atoms with Crippen LogP contribution in [0.5, 0.6) is 0 Å². The Hall–Kier alpha value is -1.94. The Balaban J connectivity index is 2.31. The summed E-state index contributed by atoms with van der Waals surface area (Å²) in [5.41, 5.74) is 2.78. The molecule has 3 heterocycles. The van der Waals surface area contributed by atoms with Crippen molar-refractivity contribution in [3.8, 4) is 11.1 Å². The SMILES string of the molecule is O=c1ccnc2ccc(-c3ccsc3)cn12. The Morgan fingerprint density at radius 3 is 2.88 bits per heavy atom. The van der Waals surface area contributed by atoms with Crippen LogP contribution in [-0.4, -0.2) is 9.38 Å². The molecular formula is C12H8N2OS. The maximum absolute atomic E-state index is 11.6. The van der Waals surface area contributed by atoms with Gasteiger partial charge in [-0.1, -0.05) is 0 Å². The predicted molar refractivity (Wildman–Crippen MR) is 64.8 cm³/mol.